The first-order valence-electron chi connectivity index (χ1n) is 8.12. The van der Waals surface area contributed by atoms with Crippen molar-refractivity contribution in [2.45, 2.75) is 51.5 Å². The third-order valence-electron chi connectivity index (χ3n) is 4.59. The van der Waals surface area contributed by atoms with Gasteiger partial charge in [-0.15, -0.1) is 0 Å². The summed E-state index contributed by atoms with van der Waals surface area (Å²) in [6, 6.07) is 16.0. The molecule has 2 aromatic carbocycles. The molecule has 110 valence electrons. The molecule has 1 heteroatoms. The van der Waals surface area contributed by atoms with E-state index in [-0.39, 0.29) is 6.04 Å². The molecule has 0 radical (unpaired) electrons. The van der Waals surface area contributed by atoms with E-state index in [1.165, 1.54) is 36.0 Å². The monoisotopic (exact) mass is 279 g/mol. The molecule has 0 amide bonds. The van der Waals surface area contributed by atoms with Crippen LogP contribution in [0.2, 0.25) is 0 Å². The quantitative estimate of drug-likeness (QED) is 0.880. The molecule has 1 aliphatic rings. The second-order valence-corrected chi connectivity index (χ2v) is 6.45. The Labute approximate surface area is 128 Å². The summed E-state index contributed by atoms with van der Waals surface area (Å²) in [7, 11) is 0. The largest absolute Gasteiger partial charge is 0.327 e. The maximum absolute atomic E-state index is 6.33. The lowest BCUT2D eigenvalue weighted by Crippen LogP contribution is -2.23. The number of aryl methyl sites for hydroxylation is 4. The van der Waals surface area contributed by atoms with Gasteiger partial charge in [0.25, 0.3) is 0 Å². The molecule has 0 saturated carbocycles. The summed E-state index contributed by atoms with van der Waals surface area (Å²) in [5.41, 5.74) is 13.6. The minimum absolute atomic E-state index is 0.255. The number of rotatable bonds is 5. The van der Waals surface area contributed by atoms with Crippen LogP contribution in [0.15, 0.2) is 42.5 Å². The standard InChI is InChI=1S/C20H25N/c1-15-5-7-16(8-6-15)10-12-20(21)14-17-9-11-18-3-2-4-19(18)13-17/h5-9,11,13,20H,2-4,10,12,14,21H2,1H3. The molecule has 0 spiro atoms. The maximum Gasteiger partial charge on any atom is 0.00824 e. The average Bonchev–Trinajstić information content (AvgIpc) is 2.94. The molecule has 1 atom stereocenters. The highest BCUT2D eigenvalue weighted by Gasteiger charge is 2.12. The summed E-state index contributed by atoms with van der Waals surface area (Å²) in [4.78, 5) is 0. The molecule has 2 aromatic rings. The normalized spacial score (nSPS) is 15.0. The number of fused-ring (bicyclic) bond motifs is 1. The van der Waals surface area contributed by atoms with Gasteiger partial charge >= 0.3 is 0 Å². The molecule has 0 saturated heterocycles. The first kappa shape index (κ1) is 14.3. The highest BCUT2D eigenvalue weighted by molar-refractivity contribution is 5.35. The summed E-state index contributed by atoms with van der Waals surface area (Å²) >= 11 is 0. The first-order valence-corrected chi connectivity index (χ1v) is 8.12. The van der Waals surface area contributed by atoms with Gasteiger partial charge in [0.05, 0.1) is 0 Å². The van der Waals surface area contributed by atoms with Gasteiger partial charge in [-0.25, -0.2) is 0 Å². The van der Waals surface area contributed by atoms with Gasteiger partial charge < -0.3 is 5.73 Å². The Hall–Kier alpha value is -1.60. The predicted octanol–water partition coefficient (Wildman–Crippen LogP) is 3.99. The van der Waals surface area contributed by atoms with Crippen LogP contribution < -0.4 is 5.73 Å². The SMILES string of the molecule is Cc1ccc(CCC(N)Cc2ccc3c(c2)CCC3)cc1. The molecule has 3 rings (SSSR count). The Kier molecular flexibility index (Phi) is 4.40. The maximum atomic E-state index is 6.33. The third-order valence-corrected chi connectivity index (χ3v) is 4.59. The fourth-order valence-electron chi connectivity index (χ4n) is 3.26. The van der Waals surface area contributed by atoms with E-state index in [0.29, 0.717) is 0 Å². The molecule has 0 heterocycles. The zero-order valence-electron chi connectivity index (χ0n) is 12.9. The van der Waals surface area contributed by atoms with Crippen molar-refractivity contribution in [3.05, 3.63) is 70.3 Å². The molecule has 1 aliphatic carbocycles. The molecule has 0 bridgehead atoms. The number of benzene rings is 2. The molecule has 0 aromatic heterocycles. The Bertz CT molecular complexity index is 598. The molecule has 0 fully saturated rings. The topological polar surface area (TPSA) is 26.0 Å². The highest BCUT2D eigenvalue weighted by atomic mass is 14.6. The van der Waals surface area contributed by atoms with Crippen molar-refractivity contribution >= 4 is 0 Å². The van der Waals surface area contributed by atoms with Gasteiger partial charge in [0.15, 0.2) is 0 Å². The van der Waals surface area contributed by atoms with Crippen molar-refractivity contribution in [2.24, 2.45) is 5.73 Å². The molecule has 1 nitrogen and oxygen atoms in total. The van der Waals surface area contributed by atoms with E-state index in [0.717, 1.165) is 19.3 Å². The predicted molar refractivity (Wildman–Crippen MR) is 89.6 cm³/mol. The Morgan fingerprint density at radius 2 is 1.67 bits per heavy atom. The van der Waals surface area contributed by atoms with E-state index < -0.39 is 0 Å². The van der Waals surface area contributed by atoms with Crippen LogP contribution in [0.3, 0.4) is 0 Å². The lowest BCUT2D eigenvalue weighted by molar-refractivity contribution is 0.610. The average molecular weight is 279 g/mol. The Morgan fingerprint density at radius 3 is 2.48 bits per heavy atom. The second kappa shape index (κ2) is 6.44. The van der Waals surface area contributed by atoms with Crippen molar-refractivity contribution in [3.63, 3.8) is 0 Å². The second-order valence-electron chi connectivity index (χ2n) is 6.45. The Morgan fingerprint density at radius 1 is 0.952 bits per heavy atom. The van der Waals surface area contributed by atoms with Crippen LogP contribution >= 0.6 is 0 Å². The number of hydrogen-bond donors (Lipinski definition) is 1. The number of hydrogen-bond acceptors (Lipinski definition) is 1. The lowest BCUT2D eigenvalue weighted by Gasteiger charge is -2.13. The van der Waals surface area contributed by atoms with Crippen molar-refractivity contribution in [1.29, 1.82) is 0 Å². The van der Waals surface area contributed by atoms with Crippen LogP contribution in [-0.4, -0.2) is 6.04 Å². The molecule has 1 unspecified atom stereocenters. The first-order chi connectivity index (χ1) is 10.2. The summed E-state index contributed by atoms with van der Waals surface area (Å²) < 4.78 is 0. The fourth-order valence-corrected chi connectivity index (χ4v) is 3.26. The van der Waals surface area contributed by atoms with Crippen LogP contribution in [0.4, 0.5) is 0 Å². The van der Waals surface area contributed by atoms with Crippen molar-refractivity contribution in [3.8, 4) is 0 Å². The number of nitrogens with two attached hydrogens (primary N) is 1. The minimum Gasteiger partial charge on any atom is -0.327 e. The van der Waals surface area contributed by atoms with E-state index >= 15 is 0 Å². The third kappa shape index (κ3) is 3.74. The Balaban J connectivity index is 1.54. The van der Waals surface area contributed by atoms with Crippen molar-refractivity contribution in [2.75, 3.05) is 0 Å². The van der Waals surface area contributed by atoms with Gasteiger partial charge in [0.1, 0.15) is 0 Å². The van der Waals surface area contributed by atoms with Gasteiger partial charge in [-0.3, -0.25) is 0 Å². The van der Waals surface area contributed by atoms with Gasteiger partial charge in [-0.2, -0.15) is 0 Å². The van der Waals surface area contributed by atoms with Crippen LogP contribution in [0.5, 0.6) is 0 Å². The fraction of sp³-hybridized carbons (Fsp3) is 0.400. The van der Waals surface area contributed by atoms with E-state index in [1.54, 1.807) is 11.1 Å². The molecule has 2 N–H and O–H groups in total. The zero-order valence-corrected chi connectivity index (χ0v) is 12.9. The van der Waals surface area contributed by atoms with Gasteiger partial charge in [0, 0.05) is 6.04 Å². The highest BCUT2D eigenvalue weighted by Crippen LogP contribution is 2.23. The zero-order chi connectivity index (χ0) is 14.7. The van der Waals surface area contributed by atoms with Crippen LogP contribution in [-0.2, 0) is 25.7 Å². The molecular weight excluding hydrogens is 254 g/mol. The van der Waals surface area contributed by atoms with Crippen LogP contribution in [0, 0.1) is 6.92 Å². The van der Waals surface area contributed by atoms with E-state index in [4.69, 9.17) is 5.73 Å². The summed E-state index contributed by atoms with van der Waals surface area (Å²) in [5.74, 6) is 0. The van der Waals surface area contributed by atoms with Crippen LogP contribution in [0.1, 0.15) is 40.7 Å². The van der Waals surface area contributed by atoms with Crippen molar-refractivity contribution in [1.82, 2.24) is 0 Å². The molecule has 21 heavy (non-hydrogen) atoms. The summed E-state index contributed by atoms with van der Waals surface area (Å²) in [5, 5.41) is 0. The van der Waals surface area contributed by atoms with Crippen molar-refractivity contribution < 1.29 is 0 Å². The molecule has 0 aliphatic heterocycles. The summed E-state index contributed by atoms with van der Waals surface area (Å²) in [6.45, 7) is 2.13. The van der Waals surface area contributed by atoms with Gasteiger partial charge in [0.2, 0.25) is 0 Å². The lowest BCUT2D eigenvalue weighted by atomic mass is 9.97. The van der Waals surface area contributed by atoms with Crippen LogP contribution in [0.25, 0.3) is 0 Å². The summed E-state index contributed by atoms with van der Waals surface area (Å²) in [6.07, 6.45) is 6.96. The smallest absolute Gasteiger partial charge is 0.00824 e. The van der Waals surface area contributed by atoms with E-state index in [1.807, 2.05) is 0 Å². The van der Waals surface area contributed by atoms with Gasteiger partial charge in [-0.05, 0) is 67.7 Å². The van der Waals surface area contributed by atoms with E-state index in [9.17, 15) is 0 Å². The van der Waals surface area contributed by atoms with E-state index in [2.05, 4.69) is 49.4 Å². The minimum atomic E-state index is 0.255. The van der Waals surface area contributed by atoms with Gasteiger partial charge in [-0.1, -0.05) is 48.0 Å². The molecular formula is C20H25N.